The third-order valence-corrected chi connectivity index (χ3v) is 2.57. The van der Waals surface area contributed by atoms with Crippen molar-refractivity contribution in [2.45, 2.75) is 13.0 Å². The van der Waals surface area contributed by atoms with Gasteiger partial charge in [0.15, 0.2) is 23.1 Å². The first-order valence-corrected chi connectivity index (χ1v) is 5.58. The zero-order chi connectivity index (χ0) is 14.0. The monoisotopic (exact) mass is 268 g/mol. The number of halogens is 3. The lowest BCUT2D eigenvalue weighted by molar-refractivity contribution is 0.198. The van der Waals surface area contributed by atoms with E-state index in [2.05, 4.69) is 0 Å². The first kappa shape index (κ1) is 13.4. The molecule has 0 aliphatic rings. The Hall–Kier alpha value is -2.01. The van der Waals surface area contributed by atoms with Crippen LogP contribution >= 0.6 is 0 Å². The second-order valence-electron chi connectivity index (χ2n) is 4.02. The number of aliphatic hydroxyl groups is 1. The van der Waals surface area contributed by atoms with Crippen LogP contribution in [0.2, 0.25) is 0 Å². The van der Waals surface area contributed by atoms with E-state index >= 15 is 0 Å². The highest BCUT2D eigenvalue weighted by molar-refractivity contribution is 5.35. The maximum atomic E-state index is 13.7. The van der Waals surface area contributed by atoms with E-state index in [-0.39, 0.29) is 5.75 Å². The Balaban J connectivity index is 2.31. The summed E-state index contributed by atoms with van der Waals surface area (Å²) in [6, 6.07) is 7.17. The zero-order valence-electron chi connectivity index (χ0n) is 10.0. The Bertz CT molecular complexity index is 597. The maximum absolute atomic E-state index is 13.7. The fraction of sp³-hybridized carbons (Fsp3) is 0.143. The number of aliphatic hydroxyl groups excluding tert-OH is 1. The predicted octanol–water partition coefficient (Wildman–Crippen LogP) is 3.95. The summed E-state index contributed by atoms with van der Waals surface area (Å²) in [5, 5.41) is 9.29. The van der Waals surface area contributed by atoms with Crippen molar-refractivity contribution in [3.63, 3.8) is 0 Å². The van der Waals surface area contributed by atoms with E-state index in [9.17, 15) is 18.3 Å². The molecule has 2 nitrogen and oxygen atoms in total. The number of rotatable bonds is 3. The van der Waals surface area contributed by atoms with Gasteiger partial charge in [0.25, 0.3) is 0 Å². The van der Waals surface area contributed by atoms with Crippen molar-refractivity contribution in [1.82, 2.24) is 0 Å². The van der Waals surface area contributed by atoms with Crippen molar-refractivity contribution in [3.8, 4) is 11.5 Å². The minimum absolute atomic E-state index is 0.242. The van der Waals surface area contributed by atoms with E-state index in [1.165, 1.54) is 31.2 Å². The molecule has 5 heteroatoms. The fourth-order valence-electron chi connectivity index (χ4n) is 1.54. The summed E-state index contributed by atoms with van der Waals surface area (Å²) < 4.78 is 45.0. The molecule has 0 heterocycles. The van der Waals surface area contributed by atoms with Gasteiger partial charge in [-0.1, -0.05) is 12.1 Å². The molecule has 0 saturated carbocycles. The molecule has 0 amide bonds. The molecule has 2 rings (SSSR count). The highest BCUT2D eigenvalue weighted by atomic mass is 19.2. The van der Waals surface area contributed by atoms with Crippen LogP contribution in [0.4, 0.5) is 13.2 Å². The Morgan fingerprint density at radius 1 is 1.00 bits per heavy atom. The van der Waals surface area contributed by atoms with Gasteiger partial charge in [-0.15, -0.1) is 0 Å². The van der Waals surface area contributed by atoms with E-state index in [1.807, 2.05) is 0 Å². The summed E-state index contributed by atoms with van der Waals surface area (Å²) in [7, 11) is 0. The van der Waals surface area contributed by atoms with E-state index in [0.29, 0.717) is 5.56 Å². The third kappa shape index (κ3) is 2.88. The van der Waals surface area contributed by atoms with Gasteiger partial charge in [-0.05, 0) is 36.8 Å². The van der Waals surface area contributed by atoms with Crippen molar-refractivity contribution in [3.05, 3.63) is 59.4 Å². The molecule has 0 bridgehead atoms. The first-order valence-electron chi connectivity index (χ1n) is 5.58. The van der Waals surface area contributed by atoms with Gasteiger partial charge in [-0.25, -0.2) is 8.78 Å². The van der Waals surface area contributed by atoms with E-state index in [1.54, 1.807) is 0 Å². The molecule has 100 valence electrons. The molecule has 2 aromatic carbocycles. The number of hydrogen-bond acceptors (Lipinski definition) is 2. The normalized spacial score (nSPS) is 12.3. The van der Waals surface area contributed by atoms with Crippen LogP contribution in [0.1, 0.15) is 18.6 Å². The van der Waals surface area contributed by atoms with Crippen molar-refractivity contribution < 1.29 is 23.0 Å². The van der Waals surface area contributed by atoms with Crippen molar-refractivity contribution in [1.29, 1.82) is 0 Å². The fourth-order valence-corrected chi connectivity index (χ4v) is 1.54. The molecular weight excluding hydrogens is 257 g/mol. The number of hydrogen-bond donors (Lipinski definition) is 1. The summed E-state index contributed by atoms with van der Waals surface area (Å²) in [5.74, 6) is -3.65. The van der Waals surface area contributed by atoms with Gasteiger partial charge in [0.2, 0.25) is 5.82 Å². The van der Waals surface area contributed by atoms with Gasteiger partial charge in [0.05, 0.1) is 6.10 Å². The standard InChI is InChI=1S/C14H11F3O2/c1-8(18)9-5-6-12(11(16)7-9)19-13-4-2-3-10(15)14(13)17/h2-8,18H,1H3/t8-/m1/s1. The second kappa shape index (κ2) is 5.32. The third-order valence-electron chi connectivity index (χ3n) is 2.57. The van der Waals surface area contributed by atoms with Crippen molar-refractivity contribution in [2.24, 2.45) is 0 Å². The maximum Gasteiger partial charge on any atom is 0.201 e. The summed E-state index contributed by atoms with van der Waals surface area (Å²) in [4.78, 5) is 0. The van der Waals surface area contributed by atoms with Crippen LogP contribution in [0.3, 0.4) is 0 Å². The topological polar surface area (TPSA) is 29.5 Å². The Morgan fingerprint density at radius 3 is 2.37 bits per heavy atom. The molecule has 0 unspecified atom stereocenters. The quantitative estimate of drug-likeness (QED) is 0.913. The van der Waals surface area contributed by atoms with Crippen LogP contribution in [-0.2, 0) is 0 Å². The minimum atomic E-state index is -1.18. The van der Waals surface area contributed by atoms with Crippen LogP contribution in [-0.4, -0.2) is 5.11 Å². The molecule has 0 aromatic heterocycles. The summed E-state index contributed by atoms with van der Waals surface area (Å²) >= 11 is 0. The van der Waals surface area contributed by atoms with Gasteiger partial charge >= 0.3 is 0 Å². The SMILES string of the molecule is C[C@@H](O)c1ccc(Oc2cccc(F)c2F)c(F)c1. The summed E-state index contributed by atoms with van der Waals surface area (Å²) in [6.07, 6.45) is -0.825. The molecule has 1 N–H and O–H groups in total. The highest BCUT2D eigenvalue weighted by Crippen LogP contribution is 2.29. The van der Waals surface area contributed by atoms with Crippen molar-refractivity contribution in [2.75, 3.05) is 0 Å². The molecule has 19 heavy (non-hydrogen) atoms. The molecule has 0 spiro atoms. The Morgan fingerprint density at radius 2 is 1.74 bits per heavy atom. The van der Waals surface area contributed by atoms with E-state index in [4.69, 9.17) is 4.74 Å². The highest BCUT2D eigenvalue weighted by Gasteiger charge is 2.13. The molecule has 1 atom stereocenters. The molecule has 0 fully saturated rings. The second-order valence-corrected chi connectivity index (χ2v) is 4.02. The van der Waals surface area contributed by atoms with Crippen LogP contribution in [0.15, 0.2) is 36.4 Å². The van der Waals surface area contributed by atoms with Gasteiger partial charge < -0.3 is 9.84 Å². The lowest BCUT2D eigenvalue weighted by Gasteiger charge is -2.10. The minimum Gasteiger partial charge on any atom is -0.451 e. The van der Waals surface area contributed by atoms with E-state index < -0.39 is 29.3 Å². The van der Waals surface area contributed by atoms with Crippen LogP contribution in [0.5, 0.6) is 11.5 Å². The van der Waals surface area contributed by atoms with Gasteiger partial charge in [-0.3, -0.25) is 0 Å². The van der Waals surface area contributed by atoms with E-state index in [0.717, 1.165) is 12.1 Å². The zero-order valence-corrected chi connectivity index (χ0v) is 10.0. The largest absolute Gasteiger partial charge is 0.451 e. The van der Waals surface area contributed by atoms with Gasteiger partial charge in [-0.2, -0.15) is 4.39 Å². The predicted molar refractivity (Wildman–Crippen MR) is 63.5 cm³/mol. The van der Waals surface area contributed by atoms with Crippen molar-refractivity contribution >= 4 is 0 Å². The number of ether oxygens (including phenoxy) is 1. The molecular formula is C14H11F3O2. The molecule has 0 saturated heterocycles. The molecule has 2 aromatic rings. The lowest BCUT2D eigenvalue weighted by Crippen LogP contribution is -1.96. The first-order chi connectivity index (χ1) is 8.99. The summed E-state index contributed by atoms with van der Waals surface area (Å²) in [5.41, 5.74) is 0.365. The van der Waals surface area contributed by atoms with Crippen LogP contribution in [0.25, 0.3) is 0 Å². The van der Waals surface area contributed by atoms with Gasteiger partial charge in [0.1, 0.15) is 0 Å². The average molecular weight is 268 g/mol. The van der Waals surface area contributed by atoms with Crippen LogP contribution < -0.4 is 4.74 Å². The molecule has 0 aliphatic heterocycles. The number of benzene rings is 2. The summed E-state index contributed by atoms with van der Waals surface area (Å²) in [6.45, 7) is 1.49. The Labute approximate surface area is 108 Å². The van der Waals surface area contributed by atoms with Gasteiger partial charge in [0, 0.05) is 0 Å². The average Bonchev–Trinajstić information content (AvgIpc) is 2.37. The van der Waals surface area contributed by atoms with Crippen LogP contribution in [0, 0.1) is 17.5 Å². The molecule has 0 radical (unpaired) electrons. The lowest BCUT2D eigenvalue weighted by atomic mass is 10.1. The molecule has 0 aliphatic carbocycles. The smallest absolute Gasteiger partial charge is 0.201 e. The Kier molecular flexibility index (Phi) is 3.76.